The van der Waals surface area contributed by atoms with Gasteiger partial charge in [-0.05, 0) is 42.1 Å². The maximum absolute atomic E-state index is 6.21. The van der Waals surface area contributed by atoms with Crippen LogP contribution in [0.25, 0.3) is 0 Å². The van der Waals surface area contributed by atoms with Crippen LogP contribution in [-0.2, 0) is 4.43 Å². The highest BCUT2D eigenvalue weighted by Crippen LogP contribution is 2.44. The zero-order valence-electron chi connectivity index (χ0n) is 8.08. The van der Waals surface area contributed by atoms with E-state index >= 15 is 0 Å². The Kier molecular flexibility index (Phi) is 3.08. The van der Waals surface area contributed by atoms with Gasteiger partial charge < -0.3 is 4.43 Å². The molecular formula is C7H16ClIOSi2. The van der Waals surface area contributed by atoms with Crippen molar-refractivity contribution in [1.29, 1.82) is 0 Å². The Hall–Kier alpha value is 1.41. The minimum Gasteiger partial charge on any atom is -0.394 e. The Labute approximate surface area is 95.3 Å². The Morgan fingerprint density at radius 2 is 1.83 bits per heavy atom. The Balaban J connectivity index is 2.82. The molecule has 1 aliphatic rings. The van der Waals surface area contributed by atoms with E-state index in [0.29, 0.717) is 0 Å². The maximum Gasteiger partial charge on any atom is 0.183 e. The first-order valence-corrected chi connectivity index (χ1v) is 12.8. The molecule has 5 heteroatoms. The standard InChI is InChI=1S/C7H16ClIOSi2/c1-11(2)6-5-7(8,9)10-12(11,3)4/h5-6H2,1-4H3. The van der Waals surface area contributed by atoms with E-state index in [2.05, 4.69) is 48.8 Å². The van der Waals surface area contributed by atoms with Crippen LogP contribution in [0.15, 0.2) is 0 Å². The quantitative estimate of drug-likeness (QED) is 0.373. The predicted octanol–water partition coefficient (Wildman–Crippen LogP) is 3.73. The van der Waals surface area contributed by atoms with Gasteiger partial charge in [-0.1, -0.05) is 30.7 Å². The Morgan fingerprint density at radius 3 is 2.17 bits per heavy atom. The van der Waals surface area contributed by atoms with Crippen molar-refractivity contribution in [2.24, 2.45) is 0 Å². The summed E-state index contributed by atoms with van der Waals surface area (Å²) in [6, 6.07) is 1.32. The molecule has 0 amide bonds. The zero-order chi connectivity index (χ0) is 9.62. The van der Waals surface area contributed by atoms with Gasteiger partial charge in [-0.25, -0.2) is 0 Å². The smallest absolute Gasteiger partial charge is 0.183 e. The molecule has 0 aromatic heterocycles. The molecule has 0 spiro atoms. The summed E-state index contributed by atoms with van der Waals surface area (Å²) in [4.78, 5) is 0. The molecule has 0 bridgehead atoms. The lowest BCUT2D eigenvalue weighted by molar-refractivity contribution is 0.250. The highest BCUT2D eigenvalue weighted by molar-refractivity contribution is 14.1. The van der Waals surface area contributed by atoms with Gasteiger partial charge in [-0.3, -0.25) is 0 Å². The molecule has 1 unspecified atom stereocenters. The number of halogens is 2. The number of hydrogen-bond acceptors (Lipinski definition) is 1. The first-order chi connectivity index (χ1) is 5.16. The van der Waals surface area contributed by atoms with E-state index in [4.69, 9.17) is 16.0 Å². The molecule has 0 aliphatic carbocycles. The first kappa shape index (κ1) is 11.5. The third-order valence-electron chi connectivity index (χ3n) is 3.08. The van der Waals surface area contributed by atoms with Crippen molar-refractivity contribution >= 4 is 49.6 Å². The summed E-state index contributed by atoms with van der Waals surface area (Å²) in [5.74, 6) is 0. The normalized spacial score (nSPS) is 39.5. The molecule has 12 heavy (non-hydrogen) atoms. The van der Waals surface area contributed by atoms with Crippen molar-refractivity contribution < 1.29 is 4.43 Å². The van der Waals surface area contributed by atoms with Gasteiger partial charge >= 0.3 is 0 Å². The van der Waals surface area contributed by atoms with Crippen molar-refractivity contribution in [2.45, 2.75) is 41.7 Å². The average molecular weight is 335 g/mol. The molecule has 1 aliphatic heterocycles. The molecule has 0 aromatic rings. The van der Waals surface area contributed by atoms with Gasteiger partial charge in [0.15, 0.2) is 10.9 Å². The second-order valence-corrected chi connectivity index (χ2v) is 22.8. The molecule has 72 valence electrons. The van der Waals surface area contributed by atoms with Gasteiger partial charge in [-0.15, -0.1) is 0 Å². The largest absolute Gasteiger partial charge is 0.394 e. The molecular weight excluding hydrogens is 319 g/mol. The summed E-state index contributed by atoms with van der Waals surface area (Å²) in [7, 11) is -2.53. The van der Waals surface area contributed by atoms with Crippen molar-refractivity contribution in [2.75, 3.05) is 0 Å². The highest BCUT2D eigenvalue weighted by Gasteiger charge is 2.51. The number of alkyl halides is 2. The van der Waals surface area contributed by atoms with Gasteiger partial charge in [0.2, 0.25) is 0 Å². The zero-order valence-corrected chi connectivity index (χ0v) is 13.0. The van der Waals surface area contributed by atoms with Crippen molar-refractivity contribution in [3.05, 3.63) is 0 Å². The minimum absolute atomic E-state index is 0.393. The maximum atomic E-state index is 6.21. The molecule has 1 heterocycles. The molecule has 1 nitrogen and oxygen atoms in total. The molecule has 0 N–H and O–H groups in total. The lowest BCUT2D eigenvalue weighted by Crippen LogP contribution is -2.62. The lowest BCUT2D eigenvalue weighted by Gasteiger charge is -2.47. The van der Waals surface area contributed by atoms with Gasteiger partial charge in [0.25, 0.3) is 0 Å². The molecule has 1 atom stereocenters. The average Bonchev–Trinajstić information content (AvgIpc) is 1.79. The van der Waals surface area contributed by atoms with Gasteiger partial charge in [0, 0.05) is 0 Å². The minimum atomic E-state index is -1.45. The first-order valence-electron chi connectivity index (χ1n) is 4.24. The molecule has 1 saturated heterocycles. The van der Waals surface area contributed by atoms with E-state index < -0.39 is 18.5 Å². The molecule has 0 saturated carbocycles. The molecule has 1 rings (SSSR count). The number of rotatable bonds is 0. The Morgan fingerprint density at radius 1 is 1.33 bits per heavy atom. The summed E-state index contributed by atoms with van der Waals surface area (Å²) in [5.41, 5.74) is 0. The second-order valence-electron chi connectivity index (χ2n) is 4.63. The van der Waals surface area contributed by atoms with Crippen LogP contribution < -0.4 is 0 Å². The highest BCUT2D eigenvalue weighted by atomic mass is 127. The summed E-state index contributed by atoms with van der Waals surface area (Å²) < 4.78 is 5.64. The van der Waals surface area contributed by atoms with Crippen LogP contribution in [0.1, 0.15) is 6.42 Å². The molecule has 0 radical (unpaired) electrons. The third-order valence-corrected chi connectivity index (χ3v) is 21.1. The fourth-order valence-electron chi connectivity index (χ4n) is 1.32. The van der Waals surface area contributed by atoms with Crippen molar-refractivity contribution in [1.82, 2.24) is 0 Å². The van der Waals surface area contributed by atoms with E-state index in [1.54, 1.807) is 0 Å². The van der Waals surface area contributed by atoms with Crippen LogP contribution in [0.5, 0.6) is 0 Å². The topological polar surface area (TPSA) is 9.23 Å². The number of hydrogen-bond donors (Lipinski definition) is 0. The van der Waals surface area contributed by atoms with Gasteiger partial charge in [0.1, 0.15) is 0 Å². The van der Waals surface area contributed by atoms with Gasteiger partial charge in [-0.2, -0.15) is 0 Å². The Bertz CT molecular complexity index is 194. The summed E-state index contributed by atoms with van der Waals surface area (Å²) >= 11 is 8.44. The monoisotopic (exact) mass is 334 g/mol. The van der Waals surface area contributed by atoms with Crippen LogP contribution in [-0.4, -0.2) is 18.5 Å². The van der Waals surface area contributed by atoms with Crippen LogP contribution in [0.2, 0.25) is 32.2 Å². The predicted molar refractivity (Wildman–Crippen MR) is 68.1 cm³/mol. The van der Waals surface area contributed by atoms with E-state index in [1.165, 1.54) is 6.04 Å². The van der Waals surface area contributed by atoms with Crippen LogP contribution in [0.4, 0.5) is 0 Å². The van der Waals surface area contributed by atoms with Crippen molar-refractivity contribution in [3.8, 4) is 0 Å². The summed E-state index contributed by atoms with van der Waals surface area (Å²) in [6.45, 7) is 9.49. The van der Waals surface area contributed by atoms with Crippen molar-refractivity contribution in [3.63, 3.8) is 0 Å². The summed E-state index contributed by atoms with van der Waals surface area (Å²) in [6.07, 6.45) is 1.02. The SMILES string of the molecule is C[Si]1(C)CCC(Cl)(I)O[Si]1(C)C. The van der Waals surface area contributed by atoms with E-state index in [0.717, 1.165) is 6.42 Å². The molecule has 1 fully saturated rings. The van der Waals surface area contributed by atoms with E-state index in [-0.39, 0.29) is 0 Å². The fourth-order valence-corrected chi connectivity index (χ4v) is 11.6. The second kappa shape index (κ2) is 3.22. The van der Waals surface area contributed by atoms with Gasteiger partial charge in [0.05, 0.1) is 7.59 Å². The lowest BCUT2D eigenvalue weighted by atomic mass is 10.5. The fraction of sp³-hybridized carbons (Fsp3) is 1.00. The molecule has 0 aromatic carbocycles. The van der Waals surface area contributed by atoms with Crippen LogP contribution in [0.3, 0.4) is 0 Å². The third kappa shape index (κ3) is 2.26. The van der Waals surface area contributed by atoms with Crippen LogP contribution >= 0.6 is 34.2 Å². The van der Waals surface area contributed by atoms with Crippen LogP contribution in [0, 0.1) is 0 Å². The van der Waals surface area contributed by atoms with E-state index in [9.17, 15) is 0 Å². The van der Waals surface area contributed by atoms with E-state index in [1.807, 2.05) is 0 Å². The summed E-state index contributed by atoms with van der Waals surface area (Å²) in [5, 5.41) is 0.